The fourth-order valence-corrected chi connectivity index (χ4v) is 5.96. The van der Waals surface area contributed by atoms with Crippen molar-refractivity contribution in [2.75, 3.05) is 26.7 Å². The first-order valence-corrected chi connectivity index (χ1v) is 14.8. The summed E-state index contributed by atoms with van der Waals surface area (Å²) in [5.74, 6) is 0.880. The molecule has 1 atom stereocenters. The molecule has 1 N–H and O–H groups in total. The van der Waals surface area contributed by atoms with Gasteiger partial charge < -0.3 is 15.0 Å². The first-order chi connectivity index (χ1) is 18.1. The first-order valence-electron chi connectivity index (χ1n) is 13.4. The number of carbonyl (C=O) groups is 2. The van der Waals surface area contributed by atoms with Crippen molar-refractivity contribution in [3.05, 3.63) is 59.7 Å². The number of aryl methyl sites for hydroxylation is 1. The largest absolute Gasteiger partial charge is 0.497 e. The minimum absolute atomic E-state index is 0.138. The molecule has 9 heteroatoms. The zero-order valence-electron chi connectivity index (χ0n) is 23.0. The second-order valence-corrected chi connectivity index (χ2v) is 12.2. The number of hydrogen-bond donors (Lipinski definition) is 1. The van der Waals surface area contributed by atoms with E-state index in [2.05, 4.69) is 19.2 Å². The van der Waals surface area contributed by atoms with Crippen molar-refractivity contribution >= 4 is 21.8 Å². The van der Waals surface area contributed by atoms with Crippen LogP contribution in [0, 0.1) is 5.92 Å². The normalized spacial score (nSPS) is 14.9. The highest BCUT2D eigenvalue weighted by Crippen LogP contribution is 2.22. The van der Waals surface area contributed by atoms with E-state index in [9.17, 15) is 18.0 Å². The lowest BCUT2D eigenvalue weighted by Gasteiger charge is -2.29. The van der Waals surface area contributed by atoms with Gasteiger partial charge in [0.1, 0.15) is 11.8 Å². The Morgan fingerprint density at radius 3 is 2.16 bits per heavy atom. The molecular weight excluding hydrogens is 502 g/mol. The zero-order valence-corrected chi connectivity index (χ0v) is 23.8. The van der Waals surface area contributed by atoms with E-state index in [0.717, 1.165) is 36.1 Å². The average Bonchev–Trinajstić information content (AvgIpc) is 3.46. The van der Waals surface area contributed by atoms with Crippen LogP contribution in [0.1, 0.15) is 57.6 Å². The van der Waals surface area contributed by atoms with E-state index in [4.69, 9.17) is 4.74 Å². The van der Waals surface area contributed by atoms with Crippen LogP contribution in [0.4, 0.5) is 0 Å². The van der Waals surface area contributed by atoms with Crippen molar-refractivity contribution in [3.63, 3.8) is 0 Å². The van der Waals surface area contributed by atoms with Gasteiger partial charge in [0.05, 0.1) is 12.0 Å². The van der Waals surface area contributed by atoms with Gasteiger partial charge in [0.15, 0.2) is 0 Å². The summed E-state index contributed by atoms with van der Waals surface area (Å²) in [6, 6.07) is 13.6. The smallest absolute Gasteiger partial charge is 0.243 e. The molecule has 1 aliphatic rings. The summed E-state index contributed by atoms with van der Waals surface area (Å²) in [5.41, 5.74) is 1.77. The second kappa shape index (κ2) is 13.8. The SMILES string of the molecule is COc1ccc(CN(C(=O)CCc2ccc(S(=O)(=O)N3CCCC3)cc2)[C@@H](C)C(=O)NCCC(C)C)cc1. The molecule has 0 unspecified atom stereocenters. The van der Waals surface area contributed by atoms with Crippen LogP contribution in [0.25, 0.3) is 0 Å². The van der Waals surface area contributed by atoms with Gasteiger partial charge in [0, 0.05) is 32.6 Å². The van der Waals surface area contributed by atoms with E-state index >= 15 is 0 Å². The number of amides is 2. The molecule has 0 saturated carbocycles. The van der Waals surface area contributed by atoms with Crippen molar-refractivity contribution in [2.45, 2.75) is 70.4 Å². The minimum Gasteiger partial charge on any atom is -0.497 e. The average molecular weight is 544 g/mol. The molecule has 38 heavy (non-hydrogen) atoms. The highest BCUT2D eigenvalue weighted by molar-refractivity contribution is 7.89. The monoisotopic (exact) mass is 543 g/mol. The van der Waals surface area contributed by atoms with E-state index in [0.29, 0.717) is 38.5 Å². The molecule has 3 rings (SSSR count). The Morgan fingerprint density at radius 2 is 1.58 bits per heavy atom. The van der Waals surface area contributed by atoms with Crippen LogP contribution in [0.5, 0.6) is 5.75 Å². The lowest BCUT2D eigenvalue weighted by atomic mass is 10.1. The molecular formula is C29H41N3O5S. The Hall–Kier alpha value is -2.91. The lowest BCUT2D eigenvalue weighted by Crippen LogP contribution is -2.48. The van der Waals surface area contributed by atoms with Crippen LogP contribution in [-0.4, -0.2) is 62.2 Å². The number of benzene rings is 2. The molecule has 0 radical (unpaired) electrons. The molecule has 2 aromatic rings. The van der Waals surface area contributed by atoms with Crippen LogP contribution in [0.2, 0.25) is 0 Å². The third-order valence-electron chi connectivity index (χ3n) is 6.95. The van der Waals surface area contributed by atoms with Gasteiger partial charge in [-0.05, 0) is 73.9 Å². The molecule has 2 amide bonds. The lowest BCUT2D eigenvalue weighted by molar-refractivity contribution is -0.140. The second-order valence-electron chi connectivity index (χ2n) is 10.3. The molecule has 0 bridgehead atoms. The van der Waals surface area contributed by atoms with Gasteiger partial charge in [-0.15, -0.1) is 0 Å². The summed E-state index contributed by atoms with van der Waals surface area (Å²) >= 11 is 0. The number of sulfonamides is 1. The summed E-state index contributed by atoms with van der Waals surface area (Å²) in [6.07, 6.45) is 3.30. The van der Waals surface area contributed by atoms with Crippen LogP contribution >= 0.6 is 0 Å². The maximum atomic E-state index is 13.4. The number of carbonyl (C=O) groups excluding carboxylic acids is 2. The molecule has 0 aliphatic carbocycles. The minimum atomic E-state index is -3.47. The van der Waals surface area contributed by atoms with Gasteiger partial charge in [-0.3, -0.25) is 9.59 Å². The van der Waals surface area contributed by atoms with Crippen molar-refractivity contribution in [2.24, 2.45) is 5.92 Å². The summed E-state index contributed by atoms with van der Waals surface area (Å²) in [4.78, 5) is 28.2. The maximum absolute atomic E-state index is 13.4. The Morgan fingerprint density at radius 1 is 0.974 bits per heavy atom. The Labute approximate surface area is 227 Å². The Bertz CT molecular complexity index is 1160. The molecule has 1 heterocycles. The molecule has 1 aliphatic heterocycles. The molecule has 1 fully saturated rings. The predicted octanol–water partition coefficient (Wildman–Crippen LogP) is 3.99. The third kappa shape index (κ3) is 8.04. The fourth-order valence-electron chi connectivity index (χ4n) is 4.44. The van der Waals surface area contributed by atoms with Crippen LogP contribution in [-0.2, 0) is 32.6 Å². The van der Waals surface area contributed by atoms with Crippen LogP contribution in [0.3, 0.4) is 0 Å². The van der Waals surface area contributed by atoms with Gasteiger partial charge >= 0.3 is 0 Å². The van der Waals surface area contributed by atoms with Gasteiger partial charge in [0.2, 0.25) is 21.8 Å². The van der Waals surface area contributed by atoms with Crippen LogP contribution < -0.4 is 10.1 Å². The number of rotatable bonds is 13. The molecule has 2 aromatic carbocycles. The number of hydrogen-bond acceptors (Lipinski definition) is 5. The summed E-state index contributed by atoms with van der Waals surface area (Å²) in [7, 11) is -1.87. The van der Waals surface area contributed by atoms with E-state index < -0.39 is 16.1 Å². The topological polar surface area (TPSA) is 96.0 Å². The standard InChI is InChI=1S/C29H41N3O5S/c1-22(2)17-18-30-29(34)23(3)32(21-25-7-12-26(37-4)13-8-25)28(33)16-11-24-9-14-27(15-10-24)38(35,36)31-19-5-6-20-31/h7-10,12-15,22-23H,5-6,11,16-21H2,1-4H3,(H,30,34)/t23-/m0/s1. The molecule has 0 aromatic heterocycles. The quantitative estimate of drug-likeness (QED) is 0.412. The Balaban J connectivity index is 1.68. The van der Waals surface area contributed by atoms with Gasteiger partial charge in [0.25, 0.3) is 0 Å². The van der Waals surface area contributed by atoms with Gasteiger partial charge in [-0.1, -0.05) is 38.1 Å². The highest BCUT2D eigenvalue weighted by Gasteiger charge is 2.28. The molecule has 8 nitrogen and oxygen atoms in total. The molecule has 1 saturated heterocycles. The number of nitrogens with one attached hydrogen (secondary N) is 1. The molecule has 0 spiro atoms. The van der Waals surface area contributed by atoms with Crippen molar-refractivity contribution in [3.8, 4) is 5.75 Å². The van der Waals surface area contributed by atoms with Crippen molar-refractivity contribution in [1.29, 1.82) is 0 Å². The van der Waals surface area contributed by atoms with E-state index in [1.165, 1.54) is 4.31 Å². The van der Waals surface area contributed by atoms with E-state index in [1.54, 1.807) is 43.2 Å². The van der Waals surface area contributed by atoms with Gasteiger partial charge in [-0.2, -0.15) is 4.31 Å². The van der Waals surface area contributed by atoms with Crippen LogP contribution in [0.15, 0.2) is 53.4 Å². The highest BCUT2D eigenvalue weighted by atomic mass is 32.2. The predicted molar refractivity (Wildman–Crippen MR) is 148 cm³/mol. The Kier molecular flexibility index (Phi) is 10.7. The first kappa shape index (κ1) is 29.6. The number of nitrogens with zero attached hydrogens (tertiary/aromatic N) is 2. The number of ether oxygens (including phenoxy) is 1. The zero-order chi connectivity index (χ0) is 27.7. The van der Waals surface area contributed by atoms with E-state index in [-0.39, 0.29) is 23.1 Å². The molecule has 208 valence electrons. The fraction of sp³-hybridized carbons (Fsp3) is 0.517. The van der Waals surface area contributed by atoms with Crippen molar-refractivity contribution < 1.29 is 22.7 Å². The summed E-state index contributed by atoms with van der Waals surface area (Å²) in [6.45, 7) is 7.95. The third-order valence-corrected chi connectivity index (χ3v) is 8.87. The summed E-state index contributed by atoms with van der Waals surface area (Å²) < 4.78 is 32.3. The van der Waals surface area contributed by atoms with Crippen molar-refractivity contribution in [1.82, 2.24) is 14.5 Å². The summed E-state index contributed by atoms with van der Waals surface area (Å²) in [5, 5.41) is 2.96. The van der Waals surface area contributed by atoms with Gasteiger partial charge in [-0.25, -0.2) is 8.42 Å². The number of methoxy groups -OCH3 is 1. The maximum Gasteiger partial charge on any atom is 0.243 e. The van der Waals surface area contributed by atoms with E-state index in [1.807, 2.05) is 24.3 Å².